The molecule has 0 aliphatic carbocycles. The topological polar surface area (TPSA) is 17.1 Å². The van der Waals surface area contributed by atoms with Gasteiger partial charge in [0.1, 0.15) is 5.78 Å². The molecule has 0 bridgehead atoms. The van der Waals surface area contributed by atoms with Gasteiger partial charge in [-0.3, -0.25) is 4.79 Å². The maximum Gasteiger partial charge on any atom is 0.140 e. The predicted octanol–water partition coefficient (Wildman–Crippen LogP) is 4.58. The normalized spacial score (nSPS) is 12.7. The molecular formula is C16H24O. The van der Waals surface area contributed by atoms with Crippen LogP contribution in [-0.4, -0.2) is 5.78 Å². The molecule has 1 atom stereocenters. The first-order valence-corrected chi connectivity index (χ1v) is 6.80. The minimum atomic E-state index is 0.0943. The van der Waals surface area contributed by atoms with Gasteiger partial charge in [0.15, 0.2) is 0 Å². The van der Waals surface area contributed by atoms with Crippen LogP contribution in [0.4, 0.5) is 0 Å². The number of benzene rings is 1. The van der Waals surface area contributed by atoms with Crippen molar-refractivity contribution in [2.75, 3.05) is 0 Å². The SMILES string of the molecule is CCC(CC)CC(=O)C(CC)c1ccccc1. The quantitative estimate of drug-likeness (QED) is 0.672. The van der Waals surface area contributed by atoms with Crippen LogP contribution in [0, 0.1) is 5.92 Å². The zero-order valence-electron chi connectivity index (χ0n) is 11.3. The summed E-state index contributed by atoms with van der Waals surface area (Å²) in [5.41, 5.74) is 1.17. The Morgan fingerprint density at radius 3 is 2.06 bits per heavy atom. The number of ketones is 1. The van der Waals surface area contributed by atoms with Crippen molar-refractivity contribution in [2.45, 2.75) is 52.4 Å². The molecule has 17 heavy (non-hydrogen) atoms. The lowest BCUT2D eigenvalue weighted by Crippen LogP contribution is -2.15. The molecule has 0 N–H and O–H groups in total. The Kier molecular flexibility index (Phi) is 5.96. The summed E-state index contributed by atoms with van der Waals surface area (Å²) >= 11 is 0. The monoisotopic (exact) mass is 232 g/mol. The van der Waals surface area contributed by atoms with Crippen LogP contribution in [-0.2, 0) is 4.79 Å². The summed E-state index contributed by atoms with van der Waals surface area (Å²) in [6.45, 7) is 6.44. The molecular weight excluding hydrogens is 208 g/mol. The standard InChI is InChI=1S/C16H24O/c1-4-13(5-2)12-16(17)15(6-3)14-10-8-7-9-11-14/h7-11,13,15H,4-6,12H2,1-3H3. The Morgan fingerprint density at radius 1 is 1.00 bits per heavy atom. The highest BCUT2D eigenvalue weighted by Crippen LogP contribution is 2.25. The summed E-state index contributed by atoms with van der Waals surface area (Å²) in [6, 6.07) is 10.2. The minimum absolute atomic E-state index is 0.0943. The fourth-order valence-electron chi connectivity index (χ4n) is 2.34. The van der Waals surface area contributed by atoms with E-state index in [1.807, 2.05) is 18.2 Å². The fraction of sp³-hybridized carbons (Fsp3) is 0.562. The van der Waals surface area contributed by atoms with E-state index < -0.39 is 0 Å². The highest BCUT2D eigenvalue weighted by molar-refractivity contribution is 5.85. The molecule has 1 heteroatoms. The van der Waals surface area contributed by atoms with Gasteiger partial charge in [-0.2, -0.15) is 0 Å². The molecule has 0 aliphatic rings. The van der Waals surface area contributed by atoms with Crippen molar-refractivity contribution in [3.63, 3.8) is 0 Å². The Balaban J connectivity index is 2.71. The molecule has 1 nitrogen and oxygen atoms in total. The third-order valence-electron chi connectivity index (χ3n) is 3.64. The Morgan fingerprint density at radius 2 is 1.59 bits per heavy atom. The highest BCUT2D eigenvalue weighted by atomic mass is 16.1. The van der Waals surface area contributed by atoms with Crippen molar-refractivity contribution in [2.24, 2.45) is 5.92 Å². The number of hydrogen-bond donors (Lipinski definition) is 0. The molecule has 1 aromatic rings. The van der Waals surface area contributed by atoms with Gasteiger partial charge in [0.05, 0.1) is 0 Å². The van der Waals surface area contributed by atoms with E-state index in [0.717, 1.165) is 25.7 Å². The summed E-state index contributed by atoms with van der Waals surface area (Å²) in [4.78, 5) is 12.3. The van der Waals surface area contributed by atoms with Crippen LogP contribution in [0.25, 0.3) is 0 Å². The largest absolute Gasteiger partial charge is 0.299 e. The van der Waals surface area contributed by atoms with Crippen LogP contribution in [0.5, 0.6) is 0 Å². The lowest BCUT2D eigenvalue weighted by atomic mass is 9.86. The van der Waals surface area contributed by atoms with Gasteiger partial charge < -0.3 is 0 Å². The van der Waals surface area contributed by atoms with Gasteiger partial charge >= 0.3 is 0 Å². The Labute approximate surface area is 105 Å². The molecule has 1 rings (SSSR count). The van der Waals surface area contributed by atoms with E-state index in [2.05, 4.69) is 32.9 Å². The van der Waals surface area contributed by atoms with E-state index in [1.54, 1.807) is 0 Å². The Bertz CT molecular complexity index is 325. The number of carbonyl (C=O) groups excluding carboxylic acids is 1. The van der Waals surface area contributed by atoms with Gasteiger partial charge in [-0.05, 0) is 17.9 Å². The van der Waals surface area contributed by atoms with Crippen LogP contribution in [0.1, 0.15) is 57.9 Å². The van der Waals surface area contributed by atoms with Crippen molar-refractivity contribution in [1.29, 1.82) is 0 Å². The lowest BCUT2D eigenvalue weighted by Gasteiger charge is -2.18. The molecule has 1 unspecified atom stereocenters. The zero-order chi connectivity index (χ0) is 12.7. The van der Waals surface area contributed by atoms with Crippen molar-refractivity contribution in [3.8, 4) is 0 Å². The van der Waals surface area contributed by atoms with E-state index in [9.17, 15) is 4.79 Å². The summed E-state index contributed by atoms with van der Waals surface area (Å²) in [5, 5.41) is 0. The second-order valence-corrected chi connectivity index (χ2v) is 4.72. The van der Waals surface area contributed by atoms with E-state index in [4.69, 9.17) is 0 Å². The van der Waals surface area contributed by atoms with E-state index in [1.165, 1.54) is 5.56 Å². The smallest absolute Gasteiger partial charge is 0.140 e. The molecule has 0 amide bonds. The maximum atomic E-state index is 12.3. The first-order chi connectivity index (χ1) is 8.22. The molecule has 0 aromatic heterocycles. The van der Waals surface area contributed by atoms with Crippen molar-refractivity contribution in [3.05, 3.63) is 35.9 Å². The van der Waals surface area contributed by atoms with Crippen LogP contribution in [0.2, 0.25) is 0 Å². The van der Waals surface area contributed by atoms with E-state index in [-0.39, 0.29) is 5.92 Å². The molecule has 0 heterocycles. The van der Waals surface area contributed by atoms with Gasteiger partial charge in [0.25, 0.3) is 0 Å². The third kappa shape index (κ3) is 3.99. The molecule has 94 valence electrons. The molecule has 0 radical (unpaired) electrons. The number of rotatable bonds is 7. The third-order valence-corrected chi connectivity index (χ3v) is 3.64. The summed E-state index contributed by atoms with van der Waals surface area (Å²) < 4.78 is 0. The van der Waals surface area contributed by atoms with Crippen molar-refractivity contribution in [1.82, 2.24) is 0 Å². The molecule has 0 spiro atoms. The first-order valence-electron chi connectivity index (χ1n) is 6.80. The van der Waals surface area contributed by atoms with Gasteiger partial charge in [-0.25, -0.2) is 0 Å². The first kappa shape index (κ1) is 14.0. The fourth-order valence-corrected chi connectivity index (χ4v) is 2.34. The summed E-state index contributed by atoms with van der Waals surface area (Å²) in [6.07, 6.45) is 3.85. The number of hydrogen-bond acceptors (Lipinski definition) is 1. The number of carbonyl (C=O) groups is 1. The van der Waals surface area contributed by atoms with Gasteiger partial charge in [-0.15, -0.1) is 0 Å². The second-order valence-electron chi connectivity index (χ2n) is 4.72. The molecule has 0 saturated carbocycles. The van der Waals surface area contributed by atoms with Gasteiger partial charge in [-0.1, -0.05) is 63.9 Å². The van der Waals surface area contributed by atoms with Crippen LogP contribution in [0.15, 0.2) is 30.3 Å². The van der Waals surface area contributed by atoms with E-state index >= 15 is 0 Å². The van der Waals surface area contributed by atoms with Gasteiger partial charge in [0, 0.05) is 12.3 Å². The molecule has 0 saturated heterocycles. The van der Waals surface area contributed by atoms with Crippen molar-refractivity contribution >= 4 is 5.78 Å². The maximum absolute atomic E-state index is 12.3. The molecule has 0 aliphatic heterocycles. The average molecular weight is 232 g/mol. The minimum Gasteiger partial charge on any atom is -0.299 e. The van der Waals surface area contributed by atoms with Crippen LogP contribution < -0.4 is 0 Å². The zero-order valence-corrected chi connectivity index (χ0v) is 11.3. The molecule has 0 fully saturated rings. The Hall–Kier alpha value is -1.11. The van der Waals surface area contributed by atoms with Crippen LogP contribution in [0.3, 0.4) is 0 Å². The van der Waals surface area contributed by atoms with Crippen LogP contribution >= 0.6 is 0 Å². The van der Waals surface area contributed by atoms with E-state index in [0.29, 0.717) is 11.7 Å². The lowest BCUT2D eigenvalue weighted by molar-refractivity contribution is -0.121. The van der Waals surface area contributed by atoms with Gasteiger partial charge in [0.2, 0.25) is 0 Å². The van der Waals surface area contributed by atoms with Crippen molar-refractivity contribution < 1.29 is 4.79 Å². The average Bonchev–Trinajstić information content (AvgIpc) is 2.38. The second kappa shape index (κ2) is 7.26. The molecule has 1 aromatic carbocycles. The number of Topliss-reactive ketones (excluding diaryl/α,β-unsaturated/α-hetero) is 1. The predicted molar refractivity (Wildman–Crippen MR) is 73.2 cm³/mol. The highest BCUT2D eigenvalue weighted by Gasteiger charge is 2.20. The summed E-state index contributed by atoms with van der Waals surface area (Å²) in [7, 11) is 0. The summed E-state index contributed by atoms with van der Waals surface area (Å²) in [5.74, 6) is 1.06.